The summed E-state index contributed by atoms with van der Waals surface area (Å²) >= 11 is 0. The molecule has 300 valence electrons. The minimum Gasteiger partial charge on any atom is -0.493 e. The van der Waals surface area contributed by atoms with Crippen molar-refractivity contribution in [3.63, 3.8) is 0 Å². The highest BCUT2D eigenvalue weighted by Crippen LogP contribution is 2.38. The Morgan fingerprint density at radius 2 is 1.70 bits per heavy atom. The lowest BCUT2D eigenvalue weighted by Gasteiger charge is -2.30. The molecule has 2 aromatic carbocycles. The maximum atomic E-state index is 15.5. The lowest BCUT2D eigenvalue weighted by molar-refractivity contribution is -0.132. The van der Waals surface area contributed by atoms with Gasteiger partial charge in [-0.3, -0.25) is 34.6 Å². The van der Waals surface area contributed by atoms with Crippen LogP contribution in [0.1, 0.15) is 47.6 Å². The van der Waals surface area contributed by atoms with Crippen molar-refractivity contribution in [2.45, 2.75) is 56.3 Å². The second-order valence-electron chi connectivity index (χ2n) is 14.0. The molecule has 1 aliphatic carbocycles. The number of anilines is 1. The molecule has 3 aromatic rings. The SMILES string of the molecule is COc1ccc(C[C@H](NC(=O)[C@@H]2CC[C@@H]3CN2C(=O)N3OS(=O)(=O)O)C(=O)NNC(=O)c2cn(C3CC3)c3cc(N4CCNCC4)c(F)cc3c2=O)cc1OC. The first kappa shape index (κ1) is 38.8. The summed E-state index contributed by atoms with van der Waals surface area (Å²) in [5.41, 5.74) is 4.85. The fourth-order valence-electron chi connectivity index (χ4n) is 7.42. The molecule has 4 fully saturated rings. The zero-order valence-corrected chi connectivity index (χ0v) is 31.3. The number of rotatable bonds is 12. The zero-order chi connectivity index (χ0) is 39.9. The Balaban J connectivity index is 1.12. The van der Waals surface area contributed by atoms with Crippen molar-refractivity contribution >= 4 is 50.7 Å². The summed E-state index contributed by atoms with van der Waals surface area (Å²) in [7, 11) is -2.15. The van der Waals surface area contributed by atoms with E-state index in [1.54, 1.807) is 28.8 Å². The van der Waals surface area contributed by atoms with Crippen LogP contribution in [0.25, 0.3) is 10.9 Å². The monoisotopic (exact) mass is 800 g/mol. The highest BCUT2D eigenvalue weighted by molar-refractivity contribution is 7.80. The molecule has 4 heterocycles. The molecule has 7 rings (SSSR count). The van der Waals surface area contributed by atoms with E-state index in [4.69, 9.17) is 14.0 Å². The number of aromatic nitrogens is 1. The second kappa shape index (κ2) is 15.6. The normalized spacial score (nSPS) is 20.1. The topological polar surface area (TPSA) is 230 Å². The van der Waals surface area contributed by atoms with Crippen LogP contribution in [0.3, 0.4) is 0 Å². The summed E-state index contributed by atoms with van der Waals surface area (Å²) in [4.78, 5) is 70.7. The molecule has 3 saturated heterocycles. The first-order chi connectivity index (χ1) is 26.8. The van der Waals surface area contributed by atoms with E-state index < -0.39 is 63.5 Å². The molecule has 3 aliphatic heterocycles. The van der Waals surface area contributed by atoms with Gasteiger partial charge in [-0.1, -0.05) is 6.07 Å². The molecular weight excluding hydrogens is 759 g/mol. The van der Waals surface area contributed by atoms with E-state index in [0.29, 0.717) is 59.5 Å². The average Bonchev–Trinajstić information content (AvgIpc) is 4.01. The molecule has 0 unspecified atom stereocenters. The number of hydrogen-bond donors (Lipinski definition) is 5. The number of methoxy groups -OCH3 is 2. The van der Waals surface area contributed by atoms with Crippen LogP contribution in [0.4, 0.5) is 14.9 Å². The summed E-state index contributed by atoms with van der Waals surface area (Å²) in [6, 6.07) is 3.36. The van der Waals surface area contributed by atoms with E-state index in [1.807, 2.05) is 4.90 Å². The number of carbonyl (C=O) groups excluding carboxylic acids is 4. The third kappa shape index (κ3) is 7.92. The van der Waals surface area contributed by atoms with E-state index in [-0.39, 0.29) is 42.8 Å². The van der Waals surface area contributed by atoms with Crippen LogP contribution in [0.2, 0.25) is 0 Å². The molecule has 1 aromatic heterocycles. The Bertz CT molecular complexity index is 2250. The van der Waals surface area contributed by atoms with Crippen molar-refractivity contribution in [2.75, 3.05) is 51.8 Å². The van der Waals surface area contributed by atoms with E-state index >= 15 is 4.39 Å². The third-order valence-electron chi connectivity index (χ3n) is 10.4. The molecule has 21 heteroatoms. The first-order valence-electron chi connectivity index (χ1n) is 18.0. The number of carbonyl (C=O) groups is 4. The number of halogens is 1. The summed E-state index contributed by atoms with van der Waals surface area (Å²) in [6.45, 7) is 2.46. The number of pyridine rings is 1. The van der Waals surface area contributed by atoms with Crippen molar-refractivity contribution in [3.8, 4) is 11.5 Å². The summed E-state index contributed by atoms with van der Waals surface area (Å²) in [6.07, 6.45) is 3.07. The number of nitrogens with one attached hydrogen (secondary N) is 4. The molecule has 4 aliphatic rings. The van der Waals surface area contributed by atoms with Gasteiger partial charge in [-0.2, -0.15) is 13.5 Å². The van der Waals surface area contributed by atoms with Gasteiger partial charge < -0.3 is 34.5 Å². The predicted octanol–water partition coefficient (Wildman–Crippen LogP) is 0.394. The van der Waals surface area contributed by atoms with Gasteiger partial charge in [-0.25, -0.2) is 9.18 Å². The van der Waals surface area contributed by atoms with Gasteiger partial charge in [0.05, 0.1) is 31.5 Å². The van der Waals surface area contributed by atoms with Crippen molar-refractivity contribution in [2.24, 2.45) is 0 Å². The molecule has 19 nitrogen and oxygen atoms in total. The van der Waals surface area contributed by atoms with E-state index in [0.717, 1.165) is 23.8 Å². The van der Waals surface area contributed by atoms with Gasteiger partial charge in [0.2, 0.25) is 11.3 Å². The molecule has 5 amide bonds. The minimum absolute atomic E-state index is 0.00843. The molecule has 3 atom stereocenters. The second-order valence-corrected chi connectivity index (χ2v) is 15.0. The number of nitrogens with zero attached hydrogens (tertiary/aromatic N) is 4. The van der Waals surface area contributed by atoms with Gasteiger partial charge in [0.15, 0.2) is 11.5 Å². The molecule has 5 N–H and O–H groups in total. The van der Waals surface area contributed by atoms with Crippen LogP contribution in [0, 0.1) is 5.82 Å². The number of hydroxylamine groups is 2. The van der Waals surface area contributed by atoms with Crippen LogP contribution < -0.4 is 41.3 Å². The lowest BCUT2D eigenvalue weighted by Crippen LogP contribution is -2.57. The van der Waals surface area contributed by atoms with Gasteiger partial charge in [-0.15, -0.1) is 4.28 Å². The number of ether oxygens (including phenoxy) is 2. The Kier molecular flexibility index (Phi) is 10.8. The fraction of sp³-hybridized carbons (Fsp3) is 0.457. The Morgan fingerprint density at radius 1 is 0.982 bits per heavy atom. The summed E-state index contributed by atoms with van der Waals surface area (Å²) < 4.78 is 64.2. The van der Waals surface area contributed by atoms with Gasteiger partial charge >= 0.3 is 16.4 Å². The highest BCUT2D eigenvalue weighted by atomic mass is 32.3. The number of urea groups is 1. The highest BCUT2D eigenvalue weighted by Gasteiger charge is 2.49. The van der Waals surface area contributed by atoms with E-state index in [9.17, 15) is 32.4 Å². The average molecular weight is 801 g/mol. The standard InChI is InChI=1S/C35H41FN8O11S/c1-53-29-8-3-19(14-30(29)54-2)13-25(38-34(48)26-7-6-21-17-43(26)35(49)44(21)55-56(50,51)52)33(47)40-39-32(46)23-18-42(20-4-5-20)27-16-28(41-11-9-37-10-12-41)24(36)15-22(27)31(23)45/h3,8,14-16,18,20-21,25-26,37H,4-7,9-13,17H2,1-2H3,(H,38,48)(H,39,46)(H,40,47)(H,50,51,52)/t21-,25+,26+/m1/s1. The van der Waals surface area contributed by atoms with Crippen molar-refractivity contribution in [1.82, 2.24) is 36.0 Å². The number of piperidine rings is 1. The summed E-state index contributed by atoms with van der Waals surface area (Å²) in [5, 5.41) is 6.36. The minimum atomic E-state index is -5.02. The lowest BCUT2D eigenvalue weighted by atomic mass is 9.99. The number of amides is 5. The van der Waals surface area contributed by atoms with E-state index in [2.05, 4.69) is 25.8 Å². The van der Waals surface area contributed by atoms with Gasteiger partial charge in [0.1, 0.15) is 23.5 Å². The smallest absolute Gasteiger partial charge is 0.418 e. The van der Waals surface area contributed by atoms with Gasteiger partial charge in [0, 0.05) is 56.8 Å². The zero-order valence-electron chi connectivity index (χ0n) is 30.4. The molecule has 2 bridgehead atoms. The maximum Gasteiger partial charge on any atom is 0.418 e. The quantitative estimate of drug-likeness (QED) is 0.124. The maximum absolute atomic E-state index is 15.5. The van der Waals surface area contributed by atoms with Crippen molar-refractivity contribution in [3.05, 3.63) is 63.7 Å². The molecule has 0 spiro atoms. The number of fused-ring (bicyclic) bond motifs is 3. The van der Waals surface area contributed by atoms with Crippen LogP contribution >= 0.6 is 0 Å². The van der Waals surface area contributed by atoms with E-state index in [1.165, 1.54) is 20.4 Å². The van der Waals surface area contributed by atoms with Crippen LogP contribution in [-0.2, 0) is 30.7 Å². The Morgan fingerprint density at radius 3 is 2.38 bits per heavy atom. The van der Waals surface area contributed by atoms with Crippen LogP contribution in [-0.4, -0.2) is 116 Å². The number of piperazine rings is 1. The summed E-state index contributed by atoms with van der Waals surface area (Å²) in [5.74, 6) is -2.48. The number of hydrogen-bond acceptors (Lipinski definition) is 12. The molecule has 56 heavy (non-hydrogen) atoms. The van der Waals surface area contributed by atoms with Crippen molar-refractivity contribution in [1.29, 1.82) is 0 Å². The molecule has 1 saturated carbocycles. The Hall–Kier alpha value is -5.51. The largest absolute Gasteiger partial charge is 0.493 e. The number of benzene rings is 2. The molecular formula is C35H41FN8O11S. The van der Waals surface area contributed by atoms with Crippen LogP contribution in [0.15, 0.2) is 41.3 Å². The molecule has 0 radical (unpaired) electrons. The predicted molar refractivity (Wildman–Crippen MR) is 196 cm³/mol. The third-order valence-corrected chi connectivity index (χ3v) is 10.7. The van der Waals surface area contributed by atoms with Gasteiger partial charge in [0.25, 0.3) is 11.8 Å². The Labute approximate surface area is 319 Å². The number of hydrazine groups is 1. The van der Waals surface area contributed by atoms with Crippen LogP contribution in [0.5, 0.6) is 11.5 Å². The first-order valence-corrected chi connectivity index (χ1v) is 19.3. The fourth-order valence-corrected chi connectivity index (χ4v) is 7.81. The van der Waals surface area contributed by atoms with Gasteiger partial charge in [-0.05, 0) is 55.5 Å². The van der Waals surface area contributed by atoms with Crippen molar-refractivity contribution < 1.29 is 50.3 Å².